The number of fused-ring (bicyclic) bond motifs is 1. The maximum atomic E-state index is 11.9. The molecule has 1 aromatic heterocycles. The van der Waals surface area contributed by atoms with Crippen LogP contribution in [0.5, 0.6) is 0 Å². The molecule has 2 heterocycles. The van der Waals surface area contributed by atoms with E-state index in [1.54, 1.807) is 29.3 Å². The van der Waals surface area contributed by atoms with Crippen LogP contribution in [-0.2, 0) is 18.9 Å². The number of rotatable bonds is 1. The minimum Gasteiger partial charge on any atom is -0.295 e. The highest BCUT2D eigenvalue weighted by Crippen LogP contribution is 2.31. The molecule has 3 rings (SSSR count). The summed E-state index contributed by atoms with van der Waals surface area (Å²) in [6.07, 6.45) is 1.67. The van der Waals surface area contributed by atoms with E-state index < -0.39 is 0 Å². The van der Waals surface area contributed by atoms with Gasteiger partial charge in [-0.25, -0.2) is 4.79 Å². The zero-order valence-corrected chi connectivity index (χ0v) is 12.6. The Morgan fingerprint density at radius 3 is 2.29 bits per heavy atom. The third kappa shape index (κ3) is 2.01. The summed E-state index contributed by atoms with van der Waals surface area (Å²) in [5.41, 5.74) is 2.29. The van der Waals surface area contributed by atoms with E-state index in [1.807, 2.05) is 18.2 Å². The van der Waals surface area contributed by atoms with E-state index in [9.17, 15) is 14.4 Å². The molecule has 6 nitrogen and oxygen atoms in total. The Bertz CT molecular complexity index is 875. The fraction of sp³-hybridized carbons (Fsp3) is 0.214. The molecular weight excluding hydrogens is 290 g/mol. The van der Waals surface area contributed by atoms with Gasteiger partial charge in [-0.15, -0.1) is 0 Å². The van der Waals surface area contributed by atoms with Crippen LogP contribution in [0.15, 0.2) is 27.9 Å². The quantitative estimate of drug-likeness (QED) is 0.750. The number of imide groups is 1. The van der Waals surface area contributed by atoms with Gasteiger partial charge in [0.2, 0.25) is 0 Å². The van der Waals surface area contributed by atoms with Gasteiger partial charge < -0.3 is 0 Å². The Kier molecular flexibility index (Phi) is 3.02. The van der Waals surface area contributed by atoms with Crippen LogP contribution < -0.4 is 5.69 Å². The number of carbonyl (C=O) groups is 2. The number of imidazole rings is 1. The summed E-state index contributed by atoms with van der Waals surface area (Å²) in [5.74, 6) is -0.299. The fourth-order valence-corrected chi connectivity index (χ4v) is 3.14. The van der Waals surface area contributed by atoms with Gasteiger partial charge in [0, 0.05) is 21.1 Å². The molecular formula is C14H13N3O3S. The van der Waals surface area contributed by atoms with Crippen molar-refractivity contribution >= 4 is 40.0 Å². The van der Waals surface area contributed by atoms with Gasteiger partial charge in [-0.2, -0.15) is 0 Å². The maximum Gasteiger partial charge on any atom is 0.328 e. The molecule has 1 fully saturated rings. The van der Waals surface area contributed by atoms with Gasteiger partial charge in [0.05, 0.1) is 15.9 Å². The number of nitrogens with zero attached hydrogens (tertiary/aromatic N) is 3. The Hall–Kier alpha value is -2.28. The first kappa shape index (κ1) is 13.7. The van der Waals surface area contributed by atoms with E-state index in [4.69, 9.17) is 0 Å². The van der Waals surface area contributed by atoms with Crippen molar-refractivity contribution in [1.29, 1.82) is 0 Å². The summed E-state index contributed by atoms with van der Waals surface area (Å²) in [6.45, 7) is 0. The van der Waals surface area contributed by atoms with Crippen LogP contribution in [0.2, 0.25) is 0 Å². The minimum absolute atomic E-state index is 0.101. The van der Waals surface area contributed by atoms with E-state index in [2.05, 4.69) is 0 Å². The molecule has 7 heteroatoms. The third-order valence-electron chi connectivity index (χ3n) is 3.58. The molecule has 0 bridgehead atoms. The monoisotopic (exact) mass is 303 g/mol. The lowest BCUT2D eigenvalue weighted by Gasteiger charge is -2.01. The van der Waals surface area contributed by atoms with Crippen molar-refractivity contribution in [3.8, 4) is 0 Å². The van der Waals surface area contributed by atoms with E-state index in [0.717, 1.165) is 33.3 Å². The van der Waals surface area contributed by atoms with E-state index in [1.165, 1.54) is 7.05 Å². The van der Waals surface area contributed by atoms with Crippen molar-refractivity contribution in [2.24, 2.45) is 14.1 Å². The van der Waals surface area contributed by atoms with E-state index in [0.29, 0.717) is 4.91 Å². The first-order valence-corrected chi connectivity index (χ1v) is 7.09. The number of hydrogen-bond donors (Lipinski definition) is 0. The van der Waals surface area contributed by atoms with Crippen LogP contribution in [0.1, 0.15) is 5.56 Å². The fourth-order valence-electron chi connectivity index (χ4n) is 2.31. The smallest absolute Gasteiger partial charge is 0.295 e. The summed E-state index contributed by atoms with van der Waals surface area (Å²) in [6, 6.07) is 5.49. The zero-order chi connectivity index (χ0) is 15.3. The summed E-state index contributed by atoms with van der Waals surface area (Å²) in [7, 11) is 4.88. The lowest BCUT2D eigenvalue weighted by Crippen LogP contribution is -2.22. The molecule has 0 N–H and O–H groups in total. The Labute approximate surface area is 124 Å². The second-order valence-corrected chi connectivity index (χ2v) is 5.88. The highest BCUT2D eigenvalue weighted by molar-refractivity contribution is 8.18. The highest BCUT2D eigenvalue weighted by Gasteiger charge is 2.31. The summed E-state index contributed by atoms with van der Waals surface area (Å²) < 4.78 is 3.12. The van der Waals surface area contributed by atoms with Gasteiger partial charge in [-0.3, -0.25) is 23.6 Å². The molecule has 0 unspecified atom stereocenters. The number of aryl methyl sites for hydroxylation is 2. The Morgan fingerprint density at radius 2 is 1.67 bits per heavy atom. The lowest BCUT2D eigenvalue weighted by molar-refractivity contribution is -0.121. The number of hydrogen-bond acceptors (Lipinski definition) is 4. The average Bonchev–Trinajstić information content (AvgIpc) is 2.83. The van der Waals surface area contributed by atoms with Crippen molar-refractivity contribution in [1.82, 2.24) is 14.0 Å². The van der Waals surface area contributed by atoms with Crippen molar-refractivity contribution in [3.05, 3.63) is 39.2 Å². The second-order valence-electron chi connectivity index (χ2n) is 4.89. The van der Waals surface area contributed by atoms with Gasteiger partial charge in [0.25, 0.3) is 11.1 Å². The molecule has 0 atom stereocenters. The molecule has 0 spiro atoms. The zero-order valence-electron chi connectivity index (χ0n) is 11.8. The van der Waals surface area contributed by atoms with Crippen LogP contribution in [0.3, 0.4) is 0 Å². The number of thioether (sulfide) groups is 1. The van der Waals surface area contributed by atoms with Crippen molar-refractivity contribution in [2.75, 3.05) is 7.05 Å². The Morgan fingerprint density at radius 1 is 1.00 bits per heavy atom. The molecule has 0 saturated carbocycles. The van der Waals surface area contributed by atoms with E-state index in [-0.39, 0.29) is 16.8 Å². The predicted octanol–water partition coefficient (Wildman–Crippen LogP) is 1.54. The van der Waals surface area contributed by atoms with Crippen molar-refractivity contribution in [3.63, 3.8) is 0 Å². The molecule has 0 aliphatic carbocycles. The SMILES string of the molecule is CN1C(=O)S/C(=C/c2ccc3c(c2)n(C)c(=O)n3C)C1=O. The van der Waals surface area contributed by atoms with Crippen molar-refractivity contribution < 1.29 is 9.59 Å². The molecule has 1 aliphatic rings. The highest BCUT2D eigenvalue weighted by atomic mass is 32.2. The molecule has 1 aromatic carbocycles. The molecule has 21 heavy (non-hydrogen) atoms. The standard InChI is InChI=1S/C14H13N3O3S/c1-15-9-5-4-8(6-10(9)16(2)13(15)19)7-11-12(18)17(3)14(20)21-11/h4-7H,1-3H3/b11-7+. The first-order chi connectivity index (χ1) is 9.90. The van der Waals surface area contributed by atoms with Crippen LogP contribution in [0.25, 0.3) is 17.1 Å². The van der Waals surface area contributed by atoms with Gasteiger partial charge >= 0.3 is 5.69 Å². The van der Waals surface area contributed by atoms with Crippen molar-refractivity contribution in [2.45, 2.75) is 0 Å². The molecule has 108 valence electrons. The summed E-state index contributed by atoms with van der Waals surface area (Å²) in [5, 5.41) is -0.278. The molecule has 2 amide bonds. The minimum atomic E-state index is -0.299. The third-order valence-corrected chi connectivity index (χ3v) is 4.54. The Balaban J connectivity index is 2.11. The first-order valence-electron chi connectivity index (χ1n) is 6.27. The van der Waals surface area contributed by atoms with Crippen LogP contribution in [0, 0.1) is 0 Å². The summed E-state index contributed by atoms with van der Waals surface area (Å²) in [4.78, 5) is 36.7. The number of likely N-dealkylation sites (N-methyl/N-ethyl adjacent to an activating group) is 1. The number of aromatic nitrogens is 2. The van der Waals surface area contributed by atoms with Gasteiger partial charge in [-0.1, -0.05) is 6.07 Å². The topological polar surface area (TPSA) is 64.3 Å². The van der Waals surface area contributed by atoms with Gasteiger partial charge in [0.1, 0.15) is 0 Å². The number of carbonyl (C=O) groups excluding carboxylic acids is 2. The maximum absolute atomic E-state index is 11.9. The lowest BCUT2D eigenvalue weighted by atomic mass is 10.2. The molecule has 0 radical (unpaired) electrons. The van der Waals surface area contributed by atoms with Crippen LogP contribution in [0.4, 0.5) is 4.79 Å². The van der Waals surface area contributed by atoms with E-state index >= 15 is 0 Å². The van der Waals surface area contributed by atoms with Gasteiger partial charge in [-0.05, 0) is 35.5 Å². The number of amides is 2. The largest absolute Gasteiger partial charge is 0.328 e. The molecule has 1 saturated heterocycles. The molecule has 1 aliphatic heterocycles. The number of benzene rings is 1. The van der Waals surface area contributed by atoms with Gasteiger partial charge in [0.15, 0.2) is 0 Å². The predicted molar refractivity (Wildman–Crippen MR) is 81.9 cm³/mol. The summed E-state index contributed by atoms with van der Waals surface area (Å²) >= 11 is 0.919. The second kappa shape index (κ2) is 4.63. The molecule has 2 aromatic rings. The normalized spacial score (nSPS) is 17.5. The van der Waals surface area contributed by atoms with Crippen LogP contribution in [-0.4, -0.2) is 32.2 Å². The average molecular weight is 303 g/mol. The van der Waals surface area contributed by atoms with Crippen LogP contribution >= 0.6 is 11.8 Å².